The summed E-state index contributed by atoms with van der Waals surface area (Å²) in [7, 11) is 0. The Balaban J connectivity index is 1.57. The lowest BCUT2D eigenvalue weighted by atomic mass is 10.1. The highest BCUT2D eigenvalue weighted by atomic mass is 16.6. The number of carbonyl (C=O) groups excluding carboxylic acids is 1. The number of hydrogen-bond acceptors (Lipinski definition) is 6. The van der Waals surface area contributed by atoms with Crippen molar-refractivity contribution in [3.05, 3.63) is 66.2 Å². The number of nitrogens with zero attached hydrogens (tertiary/aromatic N) is 5. The summed E-state index contributed by atoms with van der Waals surface area (Å²) >= 11 is 0. The van der Waals surface area contributed by atoms with Crippen molar-refractivity contribution in [3.8, 4) is 0 Å². The number of aromatic nitrogens is 5. The molecule has 2 aromatic carbocycles. The van der Waals surface area contributed by atoms with Crippen molar-refractivity contribution < 1.29 is 9.42 Å². The summed E-state index contributed by atoms with van der Waals surface area (Å²) in [5, 5.41) is 14.5. The van der Waals surface area contributed by atoms with Crippen LogP contribution in [0.1, 0.15) is 15.9 Å². The average Bonchev–Trinajstić information content (AvgIpc) is 3.27. The van der Waals surface area contributed by atoms with Crippen LogP contribution in [0.3, 0.4) is 0 Å². The van der Waals surface area contributed by atoms with Crippen LogP contribution in [0.15, 0.2) is 59.7 Å². The van der Waals surface area contributed by atoms with Gasteiger partial charge >= 0.3 is 0 Å². The molecule has 8 heteroatoms. The van der Waals surface area contributed by atoms with Crippen molar-refractivity contribution in [2.45, 2.75) is 6.54 Å². The summed E-state index contributed by atoms with van der Waals surface area (Å²) in [6.45, 7) is 0.546. The molecule has 0 saturated carbocycles. The zero-order valence-electron chi connectivity index (χ0n) is 12.5. The Morgan fingerprint density at radius 3 is 2.96 bits per heavy atom. The molecule has 0 atom stereocenters. The predicted octanol–water partition coefficient (Wildman–Crippen LogP) is 2.11. The fraction of sp³-hybridized carbons (Fsp3) is 0.0625. The first-order valence-corrected chi connectivity index (χ1v) is 7.23. The SMILES string of the molecule is O=C(Nc1cccc2nonc12)c1cccc(Cn2cncn2)c1. The minimum Gasteiger partial charge on any atom is -0.320 e. The van der Waals surface area contributed by atoms with Crippen molar-refractivity contribution in [1.82, 2.24) is 25.1 Å². The molecular formula is C16H12N6O2. The van der Waals surface area contributed by atoms with Crippen LogP contribution >= 0.6 is 0 Å². The lowest BCUT2D eigenvalue weighted by Crippen LogP contribution is -2.13. The van der Waals surface area contributed by atoms with Crippen molar-refractivity contribution in [2.24, 2.45) is 0 Å². The minimum atomic E-state index is -0.231. The maximum Gasteiger partial charge on any atom is 0.255 e. The molecule has 0 bridgehead atoms. The van der Waals surface area contributed by atoms with E-state index < -0.39 is 0 Å². The van der Waals surface area contributed by atoms with Gasteiger partial charge in [-0.25, -0.2) is 14.3 Å². The molecule has 0 radical (unpaired) electrons. The molecule has 0 unspecified atom stereocenters. The first kappa shape index (κ1) is 14.1. The van der Waals surface area contributed by atoms with Gasteiger partial charge in [-0.2, -0.15) is 5.10 Å². The Kier molecular flexibility index (Phi) is 3.47. The van der Waals surface area contributed by atoms with Crippen molar-refractivity contribution in [3.63, 3.8) is 0 Å². The van der Waals surface area contributed by atoms with Crippen molar-refractivity contribution >= 4 is 22.6 Å². The molecule has 1 N–H and O–H groups in total. The number of carbonyl (C=O) groups is 1. The number of benzene rings is 2. The molecule has 0 aliphatic rings. The van der Waals surface area contributed by atoms with Gasteiger partial charge in [0.15, 0.2) is 5.52 Å². The molecule has 4 rings (SSSR count). The monoisotopic (exact) mass is 320 g/mol. The zero-order chi connectivity index (χ0) is 16.4. The van der Waals surface area contributed by atoms with E-state index in [0.29, 0.717) is 28.8 Å². The van der Waals surface area contributed by atoms with E-state index in [1.54, 1.807) is 35.3 Å². The van der Waals surface area contributed by atoms with E-state index in [9.17, 15) is 4.79 Å². The summed E-state index contributed by atoms with van der Waals surface area (Å²) in [6.07, 6.45) is 3.11. The molecule has 1 amide bonds. The number of hydrogen-bond donors (Lipinski definition) is 1. The van der Waals surface area contributed by atoms with E-state index >= 15 is 0 Å². The minimum absolute atomic E-state index is 0.231. The Morgan fingerprint density at radius 1 is 1.17 bits per heavy atom. The van der Waals surface area contributed by atoms with Gasteiger partial charge in [0.1, 0.15) is 18.2 Å². The largest absolute Gasteiger partial charge is 0.320 e. The summed E-state index contributed by atoms with van der Waals surface area (Å²) in [6, 6.07) is 12.6. The number of anilines is 1. The standard InChI is InChI=1S/C16H12N6O2/c23-16(19-13-5-2-6-14-15(13)21-24-20-14)12-4-1-3-11(7-12)8-22-10-17-9-18-22/h1-7,9-10H,8H2,(H,19,23). The van der Waals surface area contributed by atoms with Crippen LogP contribution in [-0.2, 0) is 6.54 Å². The van der Waals surface area contributed by atoms with E-state index in [1.165, 1.54) is 6.33 Å². The summed E-state index contributed by atoms with van der Waals surface area (Å²) in [4.78, 5) is 16.4. The van der Waals surface area contributed by atoms with Crippen LogP contribution < -0.4 is 5.32 Å². The molecule has 0 aliphatic heterocycles. The van der Waals surface area contributed by atoms with Crippen LogP contribution in [-0.4, -0.2) is 31.0 Å². The number of fused-ring (bicyclic) bond motifs is 1. The highest BCUT2D eigenvalue weighted by Gasteiger charge is 2.11. The lowest BCUT2D eigenvalue weighted by Gasteiger charge is -2.07. The first-order valence-electron chi connectivity index (χ1n) is 7.23. The van der Waals surface area contributed by atoms with Crippen molar-refractivity contribution in [2.75, 3.05) is 5.32 Å². The maximum atomic E-state index is 12.5. The molecule has 0 saturated heterocycles. The third kappa shape index (κ3) is 2.72. The zero-order valence-corrected chi connectivity index (χ0v) is 12.5. The van der Waals surface area contributed by atoms with Gasteiger partial charge in [-0.3, -0.25) is 4.79 Å². The molecule has 118 valence electrons. The molecular weight excluding hydrogens is 308 g/mol. The van der Waals surface area contributed by atoms with Crippen LogP contribution in [0, 0.1) is 0 Å². The molecule has 4 aromatic rings. The Bertz CT molecular complexity index is 993. The van der Waals surface area contributed by atoms with Crippen molar-refractivity contribution in [1.29, 1.82) is 0 Å². The van der Waals surface area contributed by atoms with E-state index in [-0.39, 0.29) is 5.91 Å². The van der Waals surface area contributed by atoms with E-state index in [2.05, 4.69) is 25.7 Å². The molecule has 0 aliphatic carbocycles. The van der Waals surface area contributed by atoms with E-state index in [1.807, 2.05) is 18.2 Å². The summed E-state index contributed by atoms with van der Waals surface area (Å²) in [5.74, 6) is -0.231. The normalized spacial score (nSPS) is 10.8. The molecule has 0 fully saturated rings. The maximum absolute atomic E-state index is 12.5. The second-order valence-electron chi connectivity index (χ2n) is 5.19. The smallest absolute Gasteiger partial charge is 0.255 e. The number of nitrogens with one attached hydrogen (secondary N) is 1. The molecule has 8 nitrogen and oxygen atoms in total. The first-order chi connectivity index (χ1) is 11.8. The number of rotatable bonds is 4. The second-order valence-corrected chi connectivity index (χ2v) is 5.19. The van der Waals surface area contributed by atoms with Gasteiger partial charge in [0, 0.05) is 5.56 Å². The quantitative estimate of drug-likeness (QED) is 0.618. The van der Waals surface area contributed by atoms with Crippen LogP contribution in [0.5, 0.6) is 0 Å². The Hall–Kier alpha value is -3.55. The van der Waals surface area contributed by atoms with Crippen LogP contribution in [0.25, 0.3) is 11.0 Å². The third-order valence-electron chi connectivity index (χ3n) is 3.53. The molecule has 0 spiro atoms. The lowest BCUT2D eigenvalue weighted by molar-refractivity contribution is 0.102. The predicted molar refractivity (Wildman–Crippen MR) is 85.3 cm³/mol. The van der Waals surface area contributed by atoms with Crippen LogP contribution in [0.2, 0.25) is 0 Å². The second kappa shape index (κ2) is 5.92. The Morgan fingerprint density at radius 2 is 2.08 bits per heavy atom. The molecule has 2 aromatic heterocycles. The van der Waals surface area contributed by atoms with Gasteiger partial charge in [0.25, 0.3) is 5.91 Å². The Labute approximate surface area is 136 Å². The van der Waals surface area contributed by atoms with Crippen LogP contribution in [0.4, 0.5) is 5.69 Å². The van der Waals surface area contributed by atoms with Gasteiger partial charge in [-0.15, -0.1) is 0 Å². The van der Waals surface area contributed by atoms with Gasteiger partial charge < -0.3 is 5.32 Å². The van der Waals surface area contributed by atoms with E-state index in [0.717, 1.165) is 5.56 Å². The van der Waals surface area contributed by atoms with Gasteiger partial charge in [0.2, 0.25) is 0 Å². The van der Waals surface area contributed by atoms with Gasteiger partial charge in [0.05, 0.1) is 12.2 Å². The topological polar surface area (TPSA) is 98.7 Å². The molecule has 2 heterocycles. The third-order valence-corrected chi connectivity index (χ3v) is 3.53. The fourth-order valence-electron chi connectivity index (χ4n) is 2.41. The number of amides is 1. The van der Waals surface area contributed by atoms with E-state index in [4.69, 9.17) is 4.63 Å². The van der Waals surface area contributed by atoms with Gasteiger partial charge in [-0.05, 0) is 40.1 Å². The fourth-order valence-corrected chi connectivity index (χ4v) is 2.41. The highest BCUT2D eigenvalue weighted by molar-refractivity contribution is 6.07. The summed E-state index contributed by atoms with van der Waals surface area (Å²) in [5.41, 5.74) is 3.16. The highest BCUT2D eigenvalue weighted by Crippen LogP contribution is 2.20. The average molecular weight is 320 g/mol. The summed E-state index contributed by atoms with van der Waals surface area (Å²) < 4.78 is 6.40. The molecule has 24 heavy (non-hydrogen) atoms. The van der Waals surface area contributed by atoms with Gasteiger partial charge in [-0.1, -0.05) is 18.2 Å².